The van der Waals surface area contributed by atoms with Crippen molar-refractivity contribution in [1.29, 1.82) is 0 Å². The fraction of sp³-hybridized carbons (Fsp3) is 0.385. The van der Waals surface area contributed by atoms with Crippen molar-refractivity contribution in [3.63, 3.8) is 0 Å². The van der Waals surface area contributed by atoms with Gasteiger partial charge in [-0.2, -0.15) is 0 Å². The number of anilines is 1. The SMILES string of the molecule is CN(C(=O)Nc1ccc(Cl)cc1I)C1COCC1C(=O)O. The van der Waals surface area contributed by atoms with E-state index in [0.717, 1.165) is 3.57 Å². The van der Waals surface area contributed by atoms with E-state index < -0.39 is 17.9 Å². The predicted molar refractivity (Wildman–Crippen MR) is 86.7 cm³/mol. The molecule has 0 radical (unpaired) electrons. The molecule has 6 nitrogen and oxygen atoms in total. The Bertz CT molecular complexity index is 569. The number of rotatable bonds is 3. The van der Waals surface area contributed by atoms with Crippen LogP contribution in [-0.2, 0) is 9.53 Å². The molecule has 2 unspecified atom stereocenters. The minimum atomic E-state index is -0.960. The number of nitrogens with one attached hydrogen (secondary N) is 1. The van der Waals surface area contributed by atoms with Gasteiger partial charge in [-0.05, 0) is 40.8 Å². The van der Waals surface area contributed by atoms with Crippen LogP contribution in [0, 0.1) is 9.49 Å². The van der Waals surface area contributed by atoms with Gasteiger partial charge in [0.25, 0.3) is 0 Å². The molecule has 2 amide bonds. The lowest BCUT2D eigenvalue weighted by atomic mass is 10.0. The van der Waals surface area contributed by atoms with Crippen molar-refractivity contribution in [1.82, 2.24) is 4.90 Å². The lowest BCUT2D eigenvalue weighted by Crippen LogP contribution is -2.46. The minimum Gasteiger partial charge on any atom is -0.481 e. The van der Waals surface area contributed by atoms with Gasteiger partial charge in [0.2, 0.25) is 0 Å². The number of carbonyl (C=O) groups excluding carboxylic acids is 1. The number of carbonyl (C=O) groups is 2. The normalized spacial score (nSPS) is 21.1. The van der Waals surface area contributed by atoms with Crippen LogP contribution in [0.4, 0.5) is 10.5 Å². The van der Waals surface area contributed by atoms with E-state index in [4.69, 9.17) is 21.4 Å². The van der Waals surface area contributed by atoms with Crippen LogP contribution in [-0.4, -0.2) is 48.3 Å². The standard InChI is InChI=1S/C13H14ClIN2O4/c1-17(11-6-21-5-8(11)12(18)19)13(20)16-10-3-2-7(14)4-9(10)15/h2-4,8,11H,5-6H2,1H3,(H,16,20)(H,18,19). The number of carboxylic acids is 1. The van der Waals surface area contributed by atoms with Gasteiger partial charge < -0.3 is 20.1 Å². The molecule has 2 rings (SSSR count). The molecule has 0 aromatic heterocycles. The summed E-state index contributed by atoms with van der Waals surface area (Å²) in [7, 11) is 1.56. The summed E-state index contributed by atoms with van der Waals surface area (Å²) in [5.41, 5.74) is 0.627. The van der Waals surface area contributed by atoms with Crippen LogP contribution in [0.3, 0.4) is 0 Å². The predicted octanol–water partition coefficient (Wildman–Crippen LogP) is 2.51. The zero-order valence-corrected chi connectivity index (χ0v) is 14.1. The van der Waals surface area contributed by atoms with Crippen molar-refractivity contribution in [2.75, 3.05) is 25.6 Å². The molecule has 0 aliphatic carbocycles. The number of nitrogens with zero attached hydrogens (tertiary/aromatic N) is 1. The monoisotopic (exact) mass is 424 g/mol. The molecule has 1 saturated heterocycles. The molecule has 8 heteroatoms. The second kappa shape index (κ2) is 6.80. The van der Waals surface area contributed by atoms with Gasteiger partial charge in [-0.3, -0.25) is 4.79 Å². The lowest BCUT2D eigenvalue weighted by Gasteiger charge is -2.26. The van der Waals surface area contributed by atoms with Crippen molar-refractivity contribution in [3.8, 4) is 0 Å². The van der Waals surface area contributed by atoms with Gasteiger partial charge in [0.15, 0.2) is 0 Å². The highest BCUT2D eigenvalue weighted by atomic mass is 127. The van der Waals surface area contributed by atoms with E-state index in [0.29, 0.717) is 10.7 Å². The number of amides is 2. The van der Waals surface area contributed by atoms with E-state index in [2.05, 4.69) is 27.9 Å². The first-order valence-electron chi connectivity index (χ1n) is 6.19. The molecule has 1 aliphatic heterocycles. The number of aliphatic carboxylic acids is 1. The maximum atomic E-state index is 12.2. The third-order valence-electron chi connectivity index (χ3n) is 3.36. The third kappa shape index (κ3) is 3.78. The zero-order chi connectivity index (χ0) is 15.6. The van der Waals surface area contributed by atoms with Crippen LogP contribution in [0.25, 0.3) is 0 Å². The molecule has 1 aromatic rings. The van der Waals surface area contributed by atoms with Crippen LogP contribution < -0.4 is 5.32 Å². The third-order valence-corrected chi connectivity index (χ3v) is 4.49. The Hall–Kier alpha value is -1.06. The maximum Gasteiger partial charge on any atom is 0.321 e. The fourth-order valence-electron chi connectivity index (χ4n) is 2.11. The largest absolute Gasteiger partial charge is 0.481 e. The van der Waals surface area contributed by atoms with Crippen molar-refractivity contribution in [2.45, 2.75) is 6.04 Å². The van der Waals surface area contributed by atoms with Gasteiger partial charge in [-0.25, -0.2) is 4.79 Å². The van der Waals surface area contributed by atoms with Gasteiger partial charge in [0.05, 0.1) is 24.9 Å². The molecule has 2 atom stereocenters. The maximum absolute atomic E-state index is 12.2. The van der Waals surface area contributed by atoms with Crippen LogP contribution in [0.5, 0.6) is 0 Å². The number of hydrogen-bond acceptors (Lipinski definition) is 3. The van der Waals surface area contributed by atoms with Crippen molar-refractivity contribution < 1.29 is 19.4 Å². The van der Waals surface area contributed by atoms with Gasteiger partial charge in [0, 0.05) is 15.6 Å². The summed E-state index contributed by atoms with van der Waals surface area (Å²) < 4.78 is 5.98. The van der Waals surface area contributed by atoms with Crippen LogP contribution in [0.15, 0.2) is 18.2 Å². The highest BCUT2D eigenvalue weighted by Gasteiger charge is 2.38. The van der Waals surface area contributed by atoms with E-state index in [1.54, 1.807) is 25.2 Å². The number of benzene rings is 1. The highest BCUT2D eigenvalue weighted by Crippen LogP contribution is 2.24. The second-order valence-corrected chi connectivity index (χ2v) is 6.31. The van der Waals surface area contributed by atoms with Gasteiger partial charge in [-0.1, -0.05) is 11.6 Å². The molecule has 0 saturated carbocycles. The average Bonchev–Trinajstić information content (AvgIpc) is 2.90. The Morgan fingerprint density at radius 1 is 1.48 bits per heavy atom. The van der Waals surface area contributed by atoms with Gasteiger partial charge in [0.1, 0.15) is 5.92 Å². The quantitative estimate of drug-likeness (QED) is 0.731. The van der Waals surface area contributed by atoms with E-state index in [1.807, 2.05) is 0 Å². The second-order valence-electron chi connectivity index (χ2n) is 4.71. The summed E-state index contributed by atoms with van der Waals surface area (Å²) in [5.74, 6) is -1.66. The van der Waals surface area contributed by atoms with Crippen molar-refractivity contribution in [2.24, 2.45) is 5.92 Å². The number of ether oxygens (including phenoxy) is 1. The van der Waals surface area contributed by atoms with Crippen molar-refractivity contribution in [3.05, 3.63) is 26.8 Å². The molecule has 0 spiro atoms. The molecular weight excluding hydrogens is 411 g/mol. The Morgan fingerprint density at radius 3 is 2.81 bits per heavy atom. The molecule has 1 aliphatic rings. The van der Waals surface area contributed by atoms with E-state index in [1.165, 1.54) is 4.90 Å². The average molecular weight is 425 g/mol. The number of carboxylic acid groups (broad SMARTS) is 1. The molecular formula is C13H14ClIN2O4. The fourth-order valence-corrected chi connectivity index (χ4v) is 3.11. The summed E-state index contributed by atoms with van der Waals surface area (Å²) in [6, 6.07) is 4.26. The van der Waals surface area contributed by atoms with Gasteiger partial charge >= 0.3 is 12.0 Å². The molecule has 2 N–H and O–H groups in total. The van der Waals surface area contributed by atoms with E-state index in [9.17, 15) is 9.59 Å². The zero-order valence-electron chi connectivity index (χ0n) is 11.2. The van der Waals surface area contributed by atoms with E-state index in [-0.39, 0.29) is 19.2 Å². The first-order chi connectivity index (χ1) is 9.90. The molecule has 21 heavy (non-hydrogen) atoms. The summed E-state index contributed by atoms with van der Waals surface area (Å²) in [4.78, 5) is 24.7. The first-order valence-corrected chi connectivity index (χ1v) is 7.65. The first kappa shape index (κ1) is 16.3. The van der Waals surface area contributed by atoms with Gasteiger partial charge in [-0.15, -0.1) is 0 Å². The topological polar surface area (TPSA) is 78.9 Å². The van der Waals surface area contributed by atoms with Crippen LogP contribution in [0.1, 0.15) is 0 Å². The summed E-state index contributed by atoms with van der Waals surface area (Å²) >= 11 is 7.93. The number of hydrogen-bond donors (Lipinski definition) is 2. The Kier molecular flexibility index (Phi) is 5.28. The Morgan fingerprint density at radius 2 is 2.19 bits per heavy atom. The molecule has 1 fully saturated rings. The Balaban J connectivity index is 2.07. The summed E-state index contributed by atoms with van der Waals surface area (Å²) in [6.45, 7) is 0.342. The Labute approximate surface area is 140 Å². The molecule has 114 valence electrons. The van der Waals surface area contributed by atoms with Crippen LogP contribution >= 0.6 is 34.2 Å². The van der Waals surface area contributed by atoms with Crippen LogP contribution in [0.2, 0.25) is 5.02 Å². The summed E-state index contributed by atoms with van der Waals surface area (Å²) in [5, 5.41) is 12.5. The number of urea groups is 1. The summed E-state index contributed by atoms with van der Waals surface area (Å²) in [6.07, 6.45) is 0. The molecule has 1 heterocycles. The van der Waals surface area contributed by atoms with E-state index >= 15 is 0 Å². The highest BCUT2D eigenvalue weighted by molar-refractivity contribution is 14.1. The van der Waals surface area contributed by atoms with Crippen molar-refractivity contribution >= 4 is 51.9 Å². The molecule has 0 bridgehead atoms. The molecule has 1 aromatic carbocycles. The lowest BCUT2D eigenvalue weighted by molar-refractivity contribution is -0.142. The smallest absolute Gasteiger partial charge is 0.321 e. The number of likely N-dealkylation sites (N-methyl/N-ethyl adjacent to an activating group) is 1. The minimum absolute atomic E-state index is 0.121. The number of halogens is 2.